The normalized spacial score (nSPS) is 12.3. The Hall–Kier alpha value is -2.21. The number of hydrogen-bond donors (Lipinski definition) is 2. The van der Waals surface area contributed by atoms with E-state index in [-0.39, 0.29) is 6.54 Å². The first kappa shape index (κ1) is 13.2. The van der Waals surface area contributed by atoms with E-state index in [0.29, 0.717) is 11.8 Å². The second-order valence-electron chi connectivity index (χ2n) is 4.31. The van der Waals surface area contributed by atoms with Crippen molar-refractivity contribution in [2.75, 3.05) is 0 Å². The van der Waals surface area contributed by atoms with Gasteiger partial charge in [0.1, 0.15) is 6.04 Å². The van der Waals surface area contributed by atoms with E-state index in [9.17, 15) is 4.79 Å². The summed E-state index contributed by atoms with van der Waals surface area (Å²) in [4.78, 5) is 10.7. The van der Waals surface area contributed by atoms with E-state index >= 15 is 0 Å². The lowest BCUT2D eigenvalue weighted by Gasteiger charge is -2.05. The topological polar surface area (TPSA) is 88.2 Å². The quantitative estimate of drug-likeness (QED) is 0.850. The van der Waals surface area contributed by atoms with Crippen LogP contribution in [0.1, 0.15) is 18.4 Å². The van der Waals surface area contributed by atoms with Gasteiger partial charge in [0.25, 0.3) is 0 Å². The van der Waals surface area contributed by atoms with Crippen molar-refractivity contribution in [2.45, 2.75) is 26.4 Å². The van der Waals surface area contributed by atoms with Crippen LogP contribution in [0.5, 0.6) is 0 Å². The minimum absolute atomic E-state index is 0.228. The van der Waals surface area contributed by atoms with Gasteiger partial charge in [-0.2, -0.15) is 0 Å². The highest BCUT2D eigenvalue weighted by Gasteiger charge is 2.13. The van der Waals surface area contributed by atoms with Crippen molar-refractivity contribution < 1.29 is 14.3 Å². The number of carboxylic acids is 1. The smallest absolute Gasteiger partial charge is 0.320 e. The predicted octanol–water partition coefficient (Wildman–Crippen LogP) is 1.61. The molecule has 0 bridgehead atoms. The van der Waals surface area contributed by atoms with E-state index in [1.807, 2.05) is 31.2 Å². The van der Waals surface area contributed by atoms with E-state index in [1.165, 1.54) is 0 Å². The Kier molecular flexibility index (Phi) is 3.91. The second kappa shape index (κ2) is 5.62. The fraction of sp³-hybridized carbons (Fsp3) is 0.308. The van der Waals surface area contributed by atoms with Gasteiger partial charge in [-0.1, -0.05) is 17.7 Å². The molecule has 0 aliphatic heterocycles. The number of benzene rings is 1. The van der Waals surface area contributed by atoms with Crippen LogP contribution in [-0.4, -0.2) is 27.3 Å². The van der Waals surface area contributed by atoms with E-state index in [1.54, 1.807) is 6.92 Å². The Morgan fingerprint density at radius 2 is 2.26 bits per heavy atom. The summed E-state index contributed by atoms with van der Waals surface area (Å²) in [6, 6.07) is 7.08. The largest absolute Gasteiger partial charge is 0.480 e. The van der Waals surface area contributed by atoms with E-state index in [2.05, 4.69) is 15.5 Å². The highest BCUT2D eigenvalue weighted by atomic mass is 16.4. The first-order chi connectivity index (χ1) is 9.06. The van der Waals surface area contributed by atoms with Crippen LogP contribution < -0.4 is 5.32 Å². The third-order valence-electron chi connectivity index (χ3n) is 2.66. The Morgan fingerprint density at radius 3 is 2.95 bits per heavy atom. The van der Waals surface area contributed by atoms with Gasteiger partial charge < -0.3 is 9.52 Å². The lowest BCUT2D eigenvalue weighted by Crippen LogP contribution is -2.33. The molecule has 0 radical (unpaired) electrons. The molecular formula is C13H15N3O3. The summed E-state index contributed by atoms with van der Waals surface area (Å²) in [6.07, 6.45) is 0. The number of aryl methyl sites for hydroxylation is 1. The van der Waals surface area contributed by atoms with E-state index in [0.717, 1.165) is 11.1 Å². The van der Waals surface area contributed by atoms with Gasteiger partial charge in [-0.3, -0.25) is 10.1 Å². The van der Waals surface area contributed by atoms with Crippen molar-refractivity contribution in [1.29, 1.82) is 0 Å². The molecule has 0 aliphatic rings. The molecule has 1 heterocycles. The van der Waals surface area contributed by atoms with E-state index in [4.69, 9.17) is 9.52 Å². The second-order valence-corrected chi connectivity index (χ2v) is 4.31. The fourth-order valence-corrected chi connectivity index (χ4v) is 1.55. The summed E-state index contributed by atoms with van der Waals surface area (Å²) in [5, 5.41) is 19.4. The van der Waals surface area contributed by atoms with Crippen molar-refractivity contribution in [1.82, 2.24) is 15.5 Å². The standard InChI is InChI=1S/C13H15N3O3/c1-8-4-3-5-10(6-8)12-16-15-11(19-12)7-14-9(2)13(17)18/h3-6,9,14H,7H2,1-2H3,(H,17,18). The van der Waals surface area contributed by atoms with Gasteiger partial charge in [0.15, 0.2) is 0 Å². The zero-order valence-electron chi connectivity index (χ0n) is 10.8. The molecule has 100 valence electrons. The highest BCUT2D eigenvalue weighted by molar-refractivity contribution is 5.72. The van der Waals surface area contributed by atoms with Crippen LogP contribution in [0.4, 0.5) is 0 Å². The SMILES string of the molecule is Cc1cccc(-c2nnc(CNC(C)C(=O)O)o2)c1. The van der Waals surface area contributed by atoms with Crippen LogP contribution in [0.25, 0.3) is 11.5 Å². The van der Waals surface area contributed by atoms with Crippen LogP contribution in [0.3, 0.4) is 0 Å². The average molecular weight is 261 g/mol. The highest BCUT2D eigenvalue weighted by Crippen LogP contribution is 2.18. The molecular weight excluding hydrogens is 246 g/mol. The first-order valence-electron chi connectivity index (χ1n) is 5.92. The van der Waals surface area contributed by atoms with Crippen LogP contribution in [0.2, 0.25) is 0 Å². The van der Waals surface area contributed by atoms with E-state index < -0.39 is 12.0 Å². The molecule has 0 amide bonds. The van der Waals surface area contributed by atoms with Crippen LogP contribution in [0, 0.1) is 6.92 Å². The van der Waals surface area contributed by atoms with Gasteiger partial charge in [0.2, 0.25) is 11.8 Å². The summed E-state index contributed by atoms with van der Waals surface area (Å²) < 4.78 is 5.48. The molecule has 1 aromatic heterocycles. The number of carbonyl (C=O) groups is 1. The van der Waals surface area contributed by atoms with Crippen molar-refractivity contribution in [3.05, 3.63) is 35.7 Å². The molecule has 2 aromatic rings. The third kappa shape index (κ3) is 3.38. The molecule has 1 atom stereocenters. The zero-order chi connectivity index (χ0) is 13.8. The lowest BCUT2D eigenvalue weighted by atomic mass is 10.1. The number of carboxylic acid groups (broad SMARTS) is 1. The first-order valence-corrected chi connectivity index (χ1v) is 5.92. The summed E-state index contributed by atoms with van der Waals surface area (Å²) >= 11 is 0. The van der Waals surface area contributed by atoms with Crippen LogP contribution in [0.15, 0.2) is 28.7 Å². The van der Waals surface area contributed by atoms with Crippen LogP contribution >= 0.6 is 0 Å². The summed E-state index contributed by atoms with van der Waals surface area (Å²) in [5.74, 6) is -0.119. The van der Waals surface area contributed by atoms with Gasteiger partial charge >= 0.3 is 5.97 Å². The third-order valence-corrected chi connectivity index (χ3v) is 2.66. The number of aromatic nitrogens is 2. The molecule has 2 rings (SSSR count). The summed E-state index contributed by atoms with van der Waals surface area (Å²) in [5.41, 5.74) is 1.96. The average Bonchev–Trinajstić information content (AvgIpc) is 2.84. The summed E-state index contributed by atoms with van der Waals surface area (Å²) in [6.45, 7) is 3.77. The Bertz CT molecular complexity index is 580. The van der Waals surface area contributed by atoms with Crippen molar-refractivity contribution in [2.24, 2.45) is 0 Å². The molecule has 2 N–H and O–H groups in total. The van der Waals surface area contributed by atoms with Crippen LogP contribution in [-0.2, 0) is 11.3 Å². The van der Waals surface area contributed by atoms with Crippen molar-refractivity contribution in [3.8, 4) is 11.5 Å². The van der Waals surface area contributed by atoms with Gasteiger partial charge in [-0.25, -0.2) is 0 Å². The molecule has 1 unspecified atom stereocenters. The monoisotopic (exact) mass is 261 g/mol. The number of nitrogens with zero attached hydrogens (tertiary/aromatic N) is 2. The molecule has 0 spiro atoms. The number of hydrogen-bond acceptors (Lipinski definition) is 5. The van der Waals surface area contributed by atoms with Gasteiger partial charge in [-0.05, 0) is 26.0 Å². The maximum atomic E-state index is 10.7. The Balaban J connectivity index is 2.05. The Morgan fingerprint density at radius 1 is 1.47 bits per heavy atom. The number of nitrogens with one attached hydrogen (secondary N) is 1. The van der Waals surface area contributed by atoms with Crippen molar-refractivity contribution in [3.63, 3.8) is 0 Å². The molecule has 0 fully saturated rings. The van der Waals surface area contributed by atoms with Gasteiger partial charge in [0.05, 0.1) is 6.54 Å². The predicted molar refractivity (Wildman–Crippen MR) is 68.4 cm³/mol. The van der Waals surface area contributed by atoms with Crippen molar-refractivity contribution >= 4 is 5.97 Å². The molecule has 6 heteroatoms. The zero-order valence-corrected chi connectivity index (χ0v) is 10.8. The molecule has 0 saturated carbocycles. The number of aliphatic carboxylic acids is 1. The summed E-state index contributed by atoms with van der Waals surface area (Å²) in [7, 11) is 0. The molecule has 19 heavy (non-hydrogen) atoms. The fourth-order valence-electron chi connectivity index (χ4n) is 1.55. The maximum absolute atomic E-state index is 10.7. The molecule has 1 aromatic carbocycles. The minimum Gasteiger partial charge on any atom is -0.480 e. The molecule has 6 nitrogen and oxygen atoms in total. The molecule has 0 aliphatic carbocycles. The number of rotatable bonds is 5. The van der Waals surface area contributed by atoms with Gasteiger partial charge in [-0.15, -0.1) is 10.2 Å². The Labute approximate surface area is 110 Å². The van der Waals surface area contributed by atoms with Gasteiger partial charge in [0, 0.05) is 5.56 Å². The maximum Gasteiger partial charge on any atom is 0.320 e. The minimum atomic E-state index is -0.918. The lowest BCUT2D eigenvalue weighted by molar-refractivity contribution is -0.139. The molecule has 0 saturated heterocycles.